The number of nitrogens with one attached hydrogen (secondary N) is 1. The summed E-state index contributed by atoms with van der Waals surface area (Å²) in [6.45, 7) is 5.10. The Labute approximate surface area is 162 Å². The average Bonchev–Trinajstić information content (AvgIpc) is 3.28. The maximum atomic E-state index is 5.52. The SMILES string of the molecule is Cc1ncccc1-c1cc(N2CCOCC2)nc2c(-c3ccn[nH]3)nccc12. The Bertz CT molecular complexity index is 1120. The van der Waals surface area contributed by atoms with Crippen LogP contribution in [0, 0.1) is 6.92 Å². The number of hydrogen-bond acceptors (Lipinski definition) is 6. The zero-order chi connectivity index (χ0) is 18.9. The van der Waals surface area contributed by atoms with Gasteiger partial charge in [-0.2, -0.15) is 5.10 Å². The Kier molecular flexibility index (Phi) is 4.21. The molecule has 4 aromatic heterocycles. The van der Waals surface area contributed by atoms with Crippen LogP contribution in [0.4, 0.5) is 5.82 Å². The highest BCUT2D eigenvalue weighted by Crippen LogP contribution is 2.35. The molecule has 1 saturated heterocycles. The number of aromatic nitrogens is 5. The fraction of sp³-hybridized carbons (Fsp3) is 0.238. The second-order valence-corrected chi connectivity index (χ2v) is 6.79. The smallest absolute Gasteiger partial charge is 0.130 e. The van der Waals surface area contributed by atoms with E-state index in [2.05, 4.69) is 37.2 Å². The van der Waals surface area contributed by atoms with Crippen molar-refractivity contribution >= 4 is 16.7 Å². The molecule has 140 valence electrons. The lowest BCUT2D eigenvalue weighted by molar-refractivity contribution is 0.122. The molecular formula is C21H20N6O. The number of pyridine rings is 3. The van der Waals surface area contributed by atoms with Gasteiger partial charge in [0.05, 0.1) is 18.9 Å². The van der Waals surface area contributed by atoms with E-state index in [4.69, 9.17) is 9.72 Å². The topological polar surface area (TPSA) is 79.8 Å². The van der Waals surface area contributed by atoms with Gasteiger partial charge < -0.3 is 9.64 Å². The Morgan fingerprint density at radius 1 is 1.00 bits per heavy atom. The van der Waals surface area contributed by atoms with E-state index in [1.165, 1.54) is 0 Å². The summed E-state index contributed by atoms with van der Waals surface area (Å²) in [6, 6.07) is 10.2. The molecule has 0 bridgehead atoms. The molecule has 0 unspecified atom stereocenters. The molecule has 0 radical (unpaired) electrons. The fourth-order valence-corrected chi connectivity index (χ4v) is 3.67. The van der Waals surface area contributed by atoms with Crippen molar-refractivity contribution in [1.82, 2.24) is 25.1 Å². The van der Waals surface area contributed by atoms with Crippen molar-refractivity contribution in [3.63, 3.8) is 0 Å². The Morgan fingerprint density at radius 3 is 2.68 bits per heavy atom. The average molecular weight is 372 g/mol. The monoisotopic (exact) mass is 372 g/mol. The number of morpholine rings is 1. The Balaban J connectivity index is 1.80. The summed E-state index contributed by atoms with van der Waals surface area (Å²) in [7, 11) is 0. The first-order valence-corrected chi connectivity index (χ1v) is 9.35. The fourth-order valence-electron chi connectivity index (χ4n) is 3.67. The lowest BCUT2D eigenvalue weighted by Crippen LogP contribution is -2.36. The highest BCUT2D eigenvalue weighted by atomic mass is 16.5. The number of hydrogen-bond donors (Lipinski definition) is 1. The maximum Gasteiger partial charge on any atom is 0.130 e. The van der Waals surface area contributed by atoms with Crippen LogP contribution in [0.1, 0.15) is 5.69 Å². The lowest BCUT2D eigenvalue weighted by Gasteiger charge is -2.28. The molecule has 5 heterocycles. The predicted molar refractivity (Wildman–Crippen MR) is 108 cm³/mol. The van der Waals surface area contributed by atoms with E-state index >= 15 is 0 Å². The van der Waals surface area contributed by atoms with E-state index in [1.54, 1.807) is 6.20 Å². The number of anilines is 1. The first kappa shape index (κ1) is 16.8. The van der Waals surface area contributed by atoms with Gasteiger partial charge in [-0.15, -0.1) is 0 Å². The van der Waals surface area contributed by atoms with Gasteiger partial charge >= 0.3 is 0 Å². The zero-order valence-electron chi connectivity index (χ0n) is 15.6. The van der Waals surface area contributed by atoms with Crippen LogP contribution in [-0.2, 0) is 4.74 Å². The molecule has 0 saturated carbocycles. The minimum absolute atomic E-state index is 0.710. The van der Waals surface area contributed by atoms with Gasteiger partial charge in [0.15, 0.2) is 0 Å². The molecule has 5 rings (SSSR count). The maximum absolute atomic E-state index is 5.52. The molecule has 4 aromatic rings. The van der Waals surface area contributed by atoms with Crippen molar-refractivity contribution in [2.75, 3.05) is 31.2 Å². The second-order valence-electron chi connectivity index (χ2n) is 6.79. The van der Waals surface area contributed by atoms with Crippen LogP contribution in [0.3, 0.4) is 0 Å². The number of rotatable bonds is 3. The van der Waals surface area contributed by atoms with Gasteiger partial charge in [-0.3, -0.25) is 15.1 Å². The first-order chi connectivity index (χ1) is 13.8. The van der Waals surface area contributed by atoms with E-state index in [1.807, 2.05) is 37.5 Å². The van der Waals surface area contributed by atoms with Crippen molar-refractivity contribution in [2.24, 2.45) is 0 Å². The van der Waals surface area contributed by atoms with Crippen LogP contribution in [0.15, 0.2) is 48.9 Å². The second kappa shape index (κ2) is 7.01. The van der Waals surface area contributed by atoms with Gasteiger partial charge in [-0.05, 0) is 36.8 Å². The zero-order valence-corrected chi connectivity index (χ0v) is 15.6. The third kappa shape index (κ3) is 2.90. The van der Waals surface area contributed by atoms with Gasteiger partial charge in [0.25, 0.3) is 0 Å². The van der Waals surface area contributed by atoms with Crippen molar-refractivity contribution in [1.29, 1.82) is 0 Å². The molecule has 0 aliphatic carbocycles. The van der Waals surface area contributed by atoms with E-state index in [0.29, 0.717) is 13.2 Å². The van der Waals surface area contributed by atoms with Crippen LogP contribution in [0.25, 0.3) is 33.4 Å². The van der Waals surface area contributed by atoms with Gasteiger partial charge in [0, 0.05) is 48.3 Å². The number of aryl methyl sites for hydroxylation is 1. The van der Waals surface area contributed by atoms with E-state index < -0.39 is 0 Å². The molecule has 0 spiro atoms. The molecule has 0 amide bonds. The summed E-state index contributed by atoms with van der Waals surface area (Å²) in [5.74, 6) is 0.933. The van der Waals surface area contributed by atoms with Gasteiger partial charge in [0.1, 0.15) is 17.0 Å². The van der Waals surface area contributed by atoms with Crippen LogP contribution >= 0.6 is 0 Å². The van der Waals surface area contributed by atoms with Crippen LogP contribution in [0.2, 0.25) is 0 Å². The van der Waals surface area contributed by atoms with E-state index in [0.717, 1.165) is 58.0 Å². The molecule has 0 aromatic carbocycles. The summed E-state index contributed by atoms with van der Waals surface area (Å²) in [5.41, 5.74) is 5.71. The van der Waals surface area contributed by atoms with Gasteiger partial charge in [0.2, 0.25) is 0 Å². The lowest BCUT2D eigenvalue weighted by atomic mass is 9.99. The first-order valence-electron chi connectivity index (χ1n) is 9.35. The standard InChI is InChI=1S/C21H20N6O/c1-14-15(3-2-6-22-14)17-13-19(27-9-11-28-12-10-27)25-20-16(17)4-7-23-21(20)18-5-8-24-26-18/h2-8,13H,9-12H2,1H3,(H,24,26). The number of nitrogens with zero attached hydrogens (tertiary/aromatic N) is 5. The van der Waals surface area contributed by atoms with E-state index in [-0.39, 0.29) is 0 Å². The molecule has 1 N–H and O–H groups in total. The van der Waals surface area contributed by atoms with Crippen LogP contribution in [0.5, 0.6) is 0 Å². The highest BCUT2D eigenvalue weighted by Gasteiger charge is 2.19. The quantitative estimate of drug-likeness (QED) is 0.595. The summed E-state index contributed by atoms with van der Waals surface area (Å²) in [5, 5.41) is 8.15. The molecule has 7 heteroatoms. The third-order valence-electron chi connectivity index (χ3n) is 5.10. The van der Waals surface area contributed by atoms with Crippen molar-refractivity contribution < 1.29 is 4.74 Å². The highest BCUT2D eigenvalue weighted by molar-refractivity contribution is 6.01. The number of fused-ring (bicyclic) bond motifs is 1. The predicted octanol–water partition coefficient (Wildman–Crippen LogP) is 3.23. The van der Waals surface area contributed by atoms with E-state index in [9.17, 15) is 0 Å². The summed E-state index contributed by atoms with van der Waals surface area (Å²) in [6.07, 6.45) is 5.38. The molecule has 1 fully saturated rings. The largest absolute Gasteiger partial charge is 0.378 e. The molecule has 7 nitrogen and oxygen atoms in total. The van der Waals surface area contributed by atoms with Crippen molar-refractivity contribution in [2.45, 2.75) is 6.92 Å². The normalized spacial score (nSPS) is 14.5. The van der Waals surface area contributed by atoms with Gasteiger partial charge in [-0.25, -0.2) is 4.98 Å². The Morgan fingerprint density at radius 2 is 1.89 bits per heavy atom. The molecule has 0 atom stereocenters. The Hall–Kier alpha value is -3.32. The minimum atomic E-state index is 0.710. The molecule has 1 aliphatic rings. The van der Waals surface area contributed by atoms with Crippen molar-refractivity contribution in [3.05, 3.63) is 54.6 Å². The van der Waals surface area contributed by atoms with Crippen molar-refractivity contribution in [3.8, 4) is 22.5 Å². The molecule has 1 aliphatic heterocycles. The summed E-state index contributed by atoms with van der Waals surface area (Å²) >= 11 is 0. The summed E-state index contributed by atoms with van der Waals surface area (Å²) in [4.78, 5) is 16.4. The van der Waals surface area contributed by atoms with Crippen LogP contribution in [-0.4, -0.2) is 51.5 Å². The molecular weight excluding hydrogens is 352 g/mol. The number of H-pyrrole nitrogens is 1. The number of ether oxygens (including phenoxy) is 1. The summed E-state index contributed by atoms with van der Waals surface area (Å²) < 4.78 is 5.52. The van der Waals surface area contributed by atoms with Gasteiger partial charge in [-0.1, -0.05) is 6.07 Å². The minimum Gasteiger partial charge on any atom is -0.378 e. The van der Waals surface area contributed by atoms with Crippen LogP contribution < -0.4 is 4.90 Å². The molecule has 28 heavy (non-hydrogen) atoms. The third-order valence-corrected chi connectivity index (χ3v) is 5.10. The number of aromatic amines is 1.